The molecule has 1 aliphatic heterocycles. The molecule has 4 heteroatoms. The van der Waals surface area contributed by atoms with E-state index >= 15 is 0 Å². The predicted molar refractivity (Wildman–Crippen MR) is 67.8 cm³/mol. The molecule has 0 unspecified atom stereocenters. The monoisotopic (exact) mass is 292 g/mol. The van der Waals surface area contributed by atoms with Crippen LogP contribution in [-0.4, -0.2) is 40.0 Å². The first-order chi connectivity index (χ1) is 7.69. The third-order valence-electron chi connectivity index (χ3n) is 2.82. The average molecular weight is 293 g/mol. The molecule has 1 saturated heterocycles. The van der Waals surface area contributed by atoms with Gasteiger partial charge in [-0.25, -0.2) is 0 Å². The molecule has 0 aromatic carbocycles. The maximum Gasteiger partial charge on any atom is 0.0877 e. The van der Waals surface area contributed by atoms with Crippen LogP contribution >= 0.6 is 15.9 Å². The highest BCUT2D eigenvalue weighted by Gasteiger charge is 2.36. The molecule has 0 amide bonds. The summed E-state index contributed by atoms with van der Waals surface area (Å²) in [4.78, 5) is 0.177. The number of rotatable bonds is 8. The fourth-order valence-corrected chi connectivity index (χ4v) is 1.87. The quantitative estimate of drug-likeness (QED) is 0.409. The summed E-state index contributed by atoms with van der Waals surface area (Å²) < 4.78 is 5.35. The molecule has 0 spiro atoms. The largest absolute Gasteiger partial charge is 0.396 e. The molecule has 0 saturated carbocycles. The van der Waals surface area contributed by atoms with Gasteiger partial charge in [0.15, 0.2) is 0 Å². The van der Waals surface area contributed by atoms with Crippen LogP contribution in [0.4, 0.5) is 0 Å². The molecule has 0 aliphatic carbocycles. The van der Waals surface area contributed by atoms with Crippen LogP contribution in [0, 0.1) is 0 Å². The van der Waals surface area contributed by atoms with E-state index in [0.717, 1.165) is 19.3 Å². The van der Waals surface area contributed by atoms with E-state index in [1.165, 1.54) is 0 Å². The molecule has 0 radical (unpaired) electrons. The van der Waals surface area contributed by atoms with Gasteiger partial charge >= 0.3 is 0 Å². The van der Waals surface area contributed by atoms with Gasteiger partial charge in [0.05, 0.1) is 18.3 Å². The molecule has 94 valence electrons. The zero-order chi connectivity index (χ0) is 12.0. The lowest BCUT2D eigenvalue weighted by atomic mass is 10.1. The van der Waals surface area contributed by atoms with Crippen LogP contribution in [0.1, 0.15) is 32.6 Å². The highest BCUT2D eigenvalue weighted by Crippen LogP contribution is 2.28. The number of aliphatic hydroxyl groups is 2. The first-order valence-electron chi connectivity index (χ1n) is 5.92. The lowest BCUT2D eigenvalue weighted by molar-refractivity contribution is 0.175. The van der Waals surface area contributed by atoms with Crippen molar-refractivity contribution in [2.24, 2.45) is 0 Å². The molecular weight excluding hydrogens is 272 g/mol. The Morgan fingerprint density at radius 3 is 2.75 bits per heavy atom. The number of hydrogen-bond acceptors (Lipinski definition) is 3. The normalized spacial score (nSPS) is 28.2. The number of ether oxygens (including phenoxy) is 1. The molecule has 4 atom stereocenters. The number of aliphatic hydroxyl groups excluding tert-OH is 2. The first kappa shape index (κ1) is 14.2. The van der Waals surface area contributed by atoms with E-state index in [1.807, 2.05) is 13.0 Å². The molecule has 1 aliphatic rings. The van der Waals surface area contributed by atoms with Crippen molar-refractivity contribution in [1.82, 2.24) is 0 Å². The van der Waals surface area contributed by atoms with Crippen LogP contribution in [0.2, 0.25) is 0 Å². The summed E-state index contributed by atoms with van der Waals surface area (Å²) in [5.41, 5.74) is 0. The van der Waals surface area contributed by atoms with Gasteiger partial charge in [-0.2, -0.15) is 0 Å². The Morgan fingerprint density at radius 2 is 2.12 bits per heavy atom. The van der Waals surface area contributed by atoms with Gasteiger partial charge in [-0.1, -0.05) is 35.0 Å². The maximum absolute atomic E-state index is 9.67. The lowest BCUT2D eigenvalue weighted by Gasteiger charge is -2.12. The fourth-order valence-electron chi connectivity index (χ4n) is 1.65. The maximum atomic E-state index is 9.67. The van der Waals surface area contributed by atoms with Gasteiger partial charge in [0.25, 0.3) is 0 Å². The highest BCUT2D eigenvalue weighted by molar-refractivity contribution is 9.09. The second-order valence-corrected chi connectivity index (χ2v) is 5.34. The zero-order valence-electron chi connectivity index (χ0n) is 9.68. The Labute approximate surface area is 106 Å². The number of epoxide rings is 1. The van der Waals surface area contributed by atoms with E-state index in [9.17, 15) is 5.11 Å². The van der Waals surface area contributed by atoms with Crippen LogP contribution in [0.25, 0.3) is 0 Å². The SMILES string of the molecule is CC[C@@H](Br)[C@@H](O)C/C=C\C[C@H]1O[C@H]1CCO. The summed E-state index contributed by atoms with van der Waals surface area (Å²) in [6.07, 6.45) is 7.52. The molecule has 0 bridgehead atoms. The Hall–Kier alpha value is 0.100. The second-order valence-electron chi connectivity index (χ2n) is 4.16. The van der Waals surface area contributed by atoms with E-state index < -0.39 is 0 Å². The van der Waals surface area contributed by atoms with Crippen molar-refractivity contribution in [3.8, 4) is 0 Å². The van der Waals surface area contributed by atoms with E-state index in [0.29, 0.717) is 6.42 Å². The van der Waals surface area contributed by atoms with Gasteiger partial charge in [0.2, 0.25) is 0 Å². The molecule has 2 N–H and O–H groups in total. The van der Waals surface area contributed by atoms with Crippen molar-refractivity contribution in [3.63, 3.8) is 0 Å². The Balaban J connectivity index is 2.05. The topological polar surface area (TPSA) is 53.0 Å². The summed E-state index contributed by atoms with van der Waals surface area (Å²) >= 11 is 3.43. The van der Waals surface area contributed by atoms with Crippen LogP contribution in [0.5, 0.6) is 0 Å². The van der Waals surface area contributed by atoms with E-state index in [-0.39, 0.29) is 29.7 Å². The Bertz CT molecular complexity index is 220. The van der Waals surface area contributed by atoms with E-state index in [1.54, 1.807) is 0 Å². The average Bonchev–Trinajstić information content (AvgIpc) is 3.02. The molecule has 0 aromatic heterocycles. The molecule has 3 nitrogen and oxygen atoms in total. The molecule has 1 rings (SSSR count). The molecule has 0 aromatic rings. The van der Waals surface area contributed by atoms with Crippen molar-refractivity contribution in [2.45, 2.75) is 55.7 Å². The van der Waals surface area contributed by atoms with Gasteiger partial charge in [-0.05, 0) is 25.7 Å². The summed E-state index contributed by atoms with van der Waals surface area (Å²) in [5.74, 6) is 0. The smallest absolute Gasteiger partial charge is 0.0877 e. The number of hydrogen-bond donors (Lipinski definition) is 2. The molecular formula is C12H21BrO3. The van der Waals surface area contributed by atoms with Gasteiger partial charge in [-0.15, -0.1) is 0 Å². The van der Waals surface area contributed by atoms with E-state index in [4.69, 9.17) is 9.84 Å². The van der Waals surface area contributed by atoms with Crippen molar-refractivity contribution in [3.05, 3.63) is 12.2 Å². The summed E-state index contributed by atoms with van der Waals surface area (Å²) in [6.45, 7) is 2.25. The van der Waals surface area contributed by atoms with Crippen molar-refractivity contribution >= 4 is 15.9 Å². The highest BCUT2D eigenvalue weighted by atomic mass is 79.9. The second kappa shape index (κ2) is 7.43. The third kappa shape index (κ3) is 4.95. The van der Waals surface area contributed by atoms with Crippen LogP contribution < -0.4 is 0 Å². The fraction of sp³-hybridized carbons (Fsp3) is 0.833. The van der Waals surface area contributed by atoms with Crippen molar-refractivity contribution in [1.29, 1.82) is 0 Å². The van der Waals surface area contributed by atoms with E-state index in [2.05, 4.69) is 22.0 Å². The minimum Gasteiger partial charge on any atom is -0.396 e. The summed E-state index contributed by atoms with van der Waals surface area (Å²) in [6, 6.07) is 0. The predicted octanol–water partition coefficient (Wildman–Crippen LogP) is 2.01. The molecule has 1 heterocycles. The standard InChI is InChI=1S/C12H21BrO3/c1-2-9(13)10(15)5-3-4-6-11-12(16-11)7-8-14/h3-4,9-12,14-15H,2,5-8H2,1H3/b4-3-/t9-,10+,11-,12+/m1/s1. The van der Waals surface area contributed by atoms with Gasteiger partial charge in [0, 0.05) is 11.4 Å². The number of halogens is 1. The zero-order valence-corrected chi connectivity index (χ0v) is 11.3. The third-order valence-corrected chi connectivity index (χ3v) is 4.08. The van der Waals surface area contributed by atoms with Crippen molar-refractivity contribution < 1.29 is 14.9 Å². The first-order valence-corrected chi connectivity index (χ1v) is 6.84. The summed E-state index contributed by atoms with van der Waals surface area (Å²) in [7, 11) is 0. The van der Waals surface area contributed by atoms with Gasteiger partial charge in [0.1, 0.15) is 0 Å². The van der Waals surface area contributed by atoms with Crippen LogP contribution in [0.3, 0.4) is 0 Å². The van der Waals surface area contributed by atoms with Gasteiger partial charge in [-0.3, -0.25) is 0 Å². The van der Waals surface area contributed by atoms with Crippen LogP contribution in [0.15, 0.2) is 12.2 Å². The lowest BCUT2D eigenvalue weighted by Crippen LogP contribution is -2.18. The molecule has 1 fully saturated rings. The minimum atomic E-state index is -0.311. The van der Waals surface area contributed by atoms with Crippen molar-refractivity contribution in [2.75, 3.05) is 6.61 Å². The minimum absolute atomic E-state index is 0.177. The Morgan fingerprint density at radius 1 is 1.38 bits per heavy atom. The van der Waals surface area contributed by atoms with Gasteiger partial charge < -0.3 is 14.9 Å². The number of alkyl halides is 1. The summed E-state index contributed by atoms with van der Waals surface area (Å²) in [5, 5.41) is 18.4. The molecule has 16 heavy (non-hydrogen) atoms. The van der Waals surface area contributed by atoms with Crippen LogP contribution in [-0.2, 0) is 4.74 Å². The Kier molecular flexibility index (Phi) is 6.58.